The summed E-state index contributed by atoms with van der Waals surface area (Å²) in [5.41, 5.74) is 2.75. The Kier molecular flexibility index (Phi) is 4.95. The summed E-state index contributed by atoms with van der Waals surface area (Å²) in [6, 6.07) is 8.45. The van der Waals surface area contributed by atoms with Gasteiger partial charge in [0.25, 0.3) is 5.91 Å². The van der Waals surface area contributed by atoms with Gasteiger partial charge in [-0.05, 0) is 47.4 Å². The third kappa shape index (κ3) is 3.39. The number of halogens is 4. The maximum atomic E-state index is 13.8. The van der Waals surface area contributed by atoms with Gasteiger partial charge >= 0.3 is 0 Å². The largest absolute Gasteiger partial charge is 0.334 e. The lowest BCUT2D eigenvalue weighted by atomic mass is 9.96. The highest BCUT2D eigenvalue weighted by molar-refractivity contribution is 9.08. The lowest BCUT2D eigenvalue weighted by Crippen LogP contribution is -2.37. The van der Waals surface area contributed by atoms with E-state index >= 15 is 0 Å². The van der Waals surface area contributed by atoms with E-state index in [0.29, 0.717) is 46.0 Å². The number of nitrogens with zero attached hydrogens (tertiary/aromatic N) is 1. The molecule has 0 bridgehead atoms. The van der Waals surface area contributed by atoms with E-state index in [-0.39, 0.29) is 11.7 Å². The average molecular weight is 417 g/mol. The van der Waals surface area contributed by atoms with Gasteiger partial charge in [-0.3, -0.25) is 4.79 Å². The zero-order valence-electron chi connectivity index (χ0n) is 12.1. The van der Waals surface area contributed by atoms with Crippen molar-refractivity contribution in [2.45, 2.75) is 18.3 Å². The van der Waals surface area contributed by atoms with Gasteiger partial charge in [0, 0.05) is 24.0 Å². The molecule has 120 valence electrons. The second-order valence-corrected chi connectivity index (χ2v) is 6.83. The molecule has 0 aliphatic carbocycles. The molecule has 0 radical (unpaired) electrons. The fourth-order valence-electron chi connectivity index (χ4n) is 2.70. The van der Waals surface area contributed by atoms with Crippen molar-refractivity contribution >= 4 is 45.0 Å². The van der Waals surface area contributed by atoms with Gasteiger partial charge in [-0.25, -0.2) is 4.39 Å². The van der Waals surface area contributed by atoms with Crippen molar-refractivity contribution in [2.24, 2.45) is 0 Å². The summed E-state index contributed by atoms with van der Waals surface area (Å²) < 4.78 is 13.8. The normalized spacial score (nSPS) is 14.1. The third-order valence-electron chi connectivity index (χ3n) is 3.94. The molecule has 0 atom stereocenters. The number of fused-ring (bicyclic) bond motifs is 1. The van der Waals surface area contributed by atoms with E-state index in [9.17, 15) is 9.18 Å². The molecule has 2 aromatic carbocycles. The minimum absolute atomic E-state index is 0.0838. The van der Waals surface area contributed by atoms with Gasteiger partial charge in [0.05, 0.1) is 10.0 Å². The molecule has 2 nitrogen and oxygen atoms in total. The summed E-state index contributed by atoms with van der Waals surface area (Å²) in [7, 11) is 0. The van der Waals surface area contributed by atoms with Crippen LogP contribution >= 0.6 is 39.1 Å². The van der Waals surface area contributed by atoms with E-state index in [1.54, 1.807) is 23.1 Å². The van der Waals surface area contributed by atoms with Crippen LogP contribution in [0.3, 0.4) is 0 Å². The van der Waals surface area contributed by atoms with Crippen LogP contribution in [0.2, 0.25) is 10.0 Å². The number of hydrogen-bond donors (Lipinski definition) is 0. The molecule has 1 heterocycles. The highest BCUT2D eigenvalue weighted by atomic mass is 79.9. The van der Waals surface area contributed by atoms with Crippen molar-refractivity contribution in [2.75, 3.05) is 6.54 Å². The van der Waals surface area contributed by atoms with Crippen LogP contribution in [-0.4, -0.2) is 17.4 Å². The van der Waals surface area contributed by atoms with Crippen molar-refractivity contribution in [3.8, 4) is 0 Å². The molecule has 0 saturated heterocycles. The van der Waals surface area contributed by atoms with Crippen LogP contribution in [0.5, 0.6) is 0 Å². The first kappa shape index (κ1) is 16.7. The Morgan fingerprint density at radius 2 is 1.96 bits per heavy atom. The molecule has 6 heteroatoms. The maximum Gasteiger partial charge on any atom is 0.254 e. The fourth-order valence-corrected chi connectivity index (χ4v) is 3.45. The smallest absolute Gasteiger partial charge is 0.254 e. The number of benzene rings is 2. The molecule has 0 spiro atoms. The highest BCUT2D eigenvalue weighted by Crippen LogP contribution is 2.27. The van der Waals surface area contributed by atoms with Gasteiger partial charge in [0.1, 0.15) is 5.82 Å². The summed E-state index contributed by atoms with van der Waals surface area (Å²) in [5.74, 6) is -0.356. The van der Waals surface area contributed by atoms with Gasteiger partial charge in [-0.2, -0.15) is 0 Å². The van der Waals surface area contributed by atoms with E-state index in [1.807, 2.05) is 6.07 Å². The Morgan fingerprint density at radius 3 is 2.65 bits per heavy atom. The molecule has 3 rings (SSSR count). The molecule has 0 aromatic heterocycles. The summed E-state index contributed by atoms with van der Waals surface area (Å²) in [4.78, 5) is 14.4. The van der Waals surface area contributed by atoms with Crippen LogP contribution in [0, 0.1) is 5.82 Å². The van der Waals surface area contributed by atoms with Crippen LogP contribution in [-0.2, 0) is 18.3 Å². The van der Waals surface area contributed by atoms with Gasteiger partial charge in [-0.1, -0.05) is 45.2 Å². The number of rotatable bonds is 3. The van der Waals surface area contributed by atoms with Crippen molar-refractivity contribution in [3.63, 3.8) is 0 Å². The van der Waals surface area contributed by atoms with E-state index in [2.05, 4.69) is 15.9 Å². The number of carbonyl (C=O) groups is 1. The van der Waals surface area contributed by atoms with Crippen molar-refractivity contribution in [3.05, 3.63) is 68.4 Å². The lowest BCUT2D eigenvalue weighted by molar-refractivity contribution is 0.0726. The van der Waals surface area contributed by atoms with Crippen molar-refractivity contribution in [1.29, 1.82) is 0 Å². The quantitative estimate of drug-likeness (QED) is 0.627. The summed E-state index contributed by atoms with van der Waals surface area (Å²) in [5, 5.41) is 1.34. The molecule has 1 aliphatic heterocycles. The fraction of sp³-hybridized carbons (Fsp3) is 0.235. The van der Waals surface area contributed by atoms with E-state index in [4.69, 9.17) is 23.2 Å². The van der Waals surface area contributed by atoms with Gasteiger partial charge in [-0.15, -0.1) is 0 Å². The second-order valence-electron chi connectivity index (χ2n) is 5.46. The monoisotopic (exact) mass is 415 g/mol. The Hall–Kier alpha value is -1.10. The molecule has 2 aromatic rings. The first-order chi connectivity index (χ1) is 11.0. The van der Waals surface area contributed by atoms with Crippen LogP contribution in [0.1, 0.15) is 27.0 Å². The molecular weight excluding hydrogens is 404 g/mol. The Morgan fingerprint density at radius 1 is 1.17 bits per heavy atom. The number of amides is 1. The molecule has 1 amide bonds. The highest BCUT2D eigenvalue weighted by Gasteiger charge is 2.26. The first-order valence-electron chi connectivity index (χ1n) is 7.10. The predicted octanol–water partition coefficient (Wildman–Crippen LogP) is 5.23. The third-order valence-corrected chi connectivity index (χ3v) is 5.29. The summed E-state index contributed by atoms with van der Waals surface area (Å²) in [6.07, 6.45) is 0.641. The topological polar surface area (TPSA) is 20.3 Å². The maximum absolute atomic E-state index is 13.8. The minimum atomic E-state index is -0.272. The zero-order chi connectivity index (χ0) is 16.6. The molecule has 1 aliphatic rings. The Labute approximate surface area is 152 Å². The van der Waals surface area contributed by atoms with Gasteiger partial charge in [0.2, 0.25) is 0 Å². The summed E-state index contributed by atoms with van der Waals surface area (Å²) in [6.45, 7) is 1.01. The Bertz CT molecular complexity index is 781. The number of alkyl halides is 1. The van der Waals surface area contributed by atoms with E-state index < -0.39 is 0 Å². The van der Waals surface area contributed by atoms with E-state index in [0.717, 1.165) is 11.1 Å². The predicted molar refractivity (Wildman–Crippen MR) is 93.9 cm³/mol. The summed E-state index contributed by atoms with van der Waals surface area (Å²) >= 11 is 15.2. The van der Waals surface area contributed by atoms with Gasteiger partial charge in [0.15, 0.2) is 0 Å². The number of carbonyl (C=O) groups excluding carboxylic acids is 1. The number of hydrogen-bond acceptors (Lipinski definition) is 1. The van der Waals surface area contributed by atoms with Gasteiger partial charge < -0.3 is 4.90 Å². The van der Waals surface area contributed by atoms with Crippen LogP contribution in [0.15, 0.2) is 30.3 Å². The standard InChI is InChI=1S/C17H13BrCl2FNO/c18-8-12-6-13-11(7-16(12)21)3-4-22(17(13)23)9-10-1-2-14(19)15(20)5-10/h1-2,5-7H,3-4,8-9H2. The molecule has 0 unspecified atom stereocenters. The molecule has 23 heavy (non-hydrogen) atoms. The van der Waals surface area contributed by atoms with Crippen LogP contribution in [0.4, 0.5) is 4.39 Å². The first-order valence-corrected chi connectivity index (χ1v) is 8.98. The lowest BCUT2D eigenvalue weighted by Gasteiger charge is -2.29. The molecular formula is C17H13BrCl2FNO. The molecule has 0 N–H and O–H groups in total. The SMILES string of the molecule is O=C1c2cc(CBr)c(F)cc2CCN1Cc1ccc(Cl)c(Cl)c1. The van der Waals surface area contributed by atoms with Crippen LogP contribution in [0.25, 0.3) is 0 Å². The molecule has 0 fully saturated rings. The van der Waals surface area contributed by atoms with Crippen molar-refractivity contribution in [1.82, 2.24) is 4.90 Å². The second kappa shape index (κ2) is 6.80. The Balaban J connectivity index is 1.87. The minimum Gasteiger partial charge on any atom is -0.334 e. The van der Waals surface area contributed by atoms with Crippen LogP contribution < -0.4 is 0 Å². The molecule has 0 saturated carbocycles. The van der Waals surface area contributed by atoms with E-state index in [1.165, 1.54) is 6.07 Å². The zero-order valence-corrected chi connectivity index (χ0v) is 15.2. The van der Waals surface area contributed by atoms with Crippen molar-refractivity contribution < 1.29 is 9.18 Å². The average Bonchev–Trinajstić information content (AvgIpc) is 2.53.